The molecule has 24 heavy (non-hydrogen) atoms. The molecular weight excluding hydrogens is 320 g/mol. The Labute approximate surface area is 147 Å². The normalized spacial score (nSPS) is 15.6. The SMILES string of the molecule is Cc1csc(CNC(=O)NC[C@H](C)N2CCc3ccccc3C2)n1. The number of hydrogen-bond acceptors (Lipinski definition) is 4. The zero-order valence-corrected chi connectivity index (χ0v) is 15.0. The largest absolute Gasteiger partial charge is 0.337 e. The van der Waals surface area contributed by atoms with E-state index in [1.807, 2.05) is 12.3 Å². The van der Waals surface area contributed by atoms with Gasteiger partial charge in [-0.25, -0.2) is 9.78 Å². The van der Waals surface area contributed by atoms with Crippen molar-refractivity contribution in [3.8, 4) is 0 Å². The quantitative estimate of drug-likeness (QED) is 0.877. The number of aromatic nitrogens is 1. The standard InChI is InChI=1S/C18H24N4OS/c1-13-12-24-17(21-13)10-20-18(23)19-9-14(2)22-8-7-15-5-3-4-6-16(15)11-22/h3-6,12,14H,7-11H2,1-2H3,(H2,19,20,23)/t14-/m0/s1. The summed E-state index contributed by atoms with van der Waals surface area (Å²) >= 11 is 1.57. The number of hydrogen-bond donors (Lipinski definition) is 2. The summed E-state index contributed by atoms with van der Waals surface area (Å²) in [5.41, 5.74) is 3.85. The highest BCUT2D eigenvalue weighted by molar-refractivity contribution is 7.09. The van der Waals surface area contributed by atoms with E-state index in [1.54, 1.807) is 11.3 Å². The van der Waals surface area contributed by atoms with Crippen molar-refractivity contribution in [2.75, 3.05) is 13.1 Å². The minimum atomic E-state index is -0.132. The molecule has 2 N–H and O–H groups in total. The predicted octanol–water partition coefficient (Wildman–Crippen LogP) is 2.70. The van der Waals surface area contributed by atoms with Crippen molar-refractivity contribution in [2.24, 2.45) is 0 Å². The second-order valence-electron chi connectivity index (χ2n) is 6.28. The first kappa shape index (κ1) is 16.9. The first-order valence-electron chi connectivity index (χ1n) is 8.35. The number of fused-ring (bicyclic) bond motifs is 1. The molecule has 0 unspecified atom stereocenters. The monoisotopic (exact) mass is 344 g/mol. The summed E-state index contributed by atoms with van der Waals surface area (Å²) in [5.74, 6) is 0. The van der Waals surface area contributed by atoms with Gasteiger partial charge in [0.15, 0.2) is 0 Å². The van der Waals surface area contributed by atoms with Gasteiger partial charge in [-0.1, -0.05) is 24.3 Å². The fourth-order valence-electron chi connectivity index (χ4n) is 2.97. The van der Waals surface area contributed by atoms with E-state index >= 15 is 0 Å². The molecule has 0 saturated carbocycles. The Hall–Kier alpha value is -1.92. The number of thiazole rings is 1. The van der Waals surface area contributed by atoms with E-state index in [2.05, 4.69) is 51.7 Å². The minimum absolute atomic E-state index is 0.132. The van der Waals surface area contributed by atoms with E-state index in [1.165, 1.54) is 11.1 Å². The topological polar surface area (TPSA) is 57.3 Å². The van der Waals surface area contributed by atoms with Crippen LogP contribution in [0, 0.1) is 6.92 Å². The van der Waals surface area contributed by atoms with Crippen LogP contribution in [-0.2, 0) is 19.5 Å². The van der Waals surface area contributed by atoms with Crippen LogP contribution in [0.5, 0.6) is 0 Å². The Bertz CT molecular complexity index is 700. The second kappa shape index (κ2) is 7.77. The van der Waals surface area contributed by atoms with Crippen molar-refractivity contribution in [1.29, 1.82) is 0 Å². The van der Waals surface area contributed by atoms with Gasteiger partial charge in [0.25, 0.3) is 0 Å². The van der Waals surface area contributed by atoms with Gasteiger partial charge in [-0.05, 0) is 31.4 Å². The molecule has 2 heterocycles. The Balaban J connectivity index is 1.42. The first-order valence-corrected chi connectivity index (χ1v) is 9.23. The maximum Gasteiger partial charge on any atom is 0.315 e. The van der Waals surface area contributed by atoms with Crippen LogP contribution in [0.3, 0.4) is 0 Å². The fraction of sp³-hybridized carbons (Fsp3) is 0.444. The average Bonchev–Trinajstić information content (AvgIpc) is 3.02. The molecule has 2 aromatic rings. The molecule has 2 amide bonds. The molecule has 0 spiro atoms. The van der Waals surface area contributed by atoms with Gasteiger partial charge in [-0.15, -0.1) is 11.3 Å². The smallest absolute Gasteiger partial charge is 0.315 e. The minimum Gasteiger partial charge on any atom is -0.337 e. The van der Waals surface area contributed by atoms with Crippen LogP contribution in [0.1, 0.15) is 28.8 Å². The van der Waals surface area contributed by atoms with E-state index in [9.17, 15) is 4.79 Å². The molecule has 1 atom stereocenters. The Kier molecular flexibility index (Phi) is 5.48. The Morgan fingerprint density at radius 3 is 2.88 bits per heavy atom. The number of rotatable bonds is 5. The van der Waals surface area contributed by atoms with Crippen LogP contribution in [0.25, 0.3) is 0 Å². The molecule has 0 fully saturated rings. The third-order valence-electron chi connectivity index (χ3n) is 4.41. The van der Waals surface area contributed by atoms with Crippen molar-refractivity contribution < 1.29 is 4.79 Å². The summed E-state index contributed by atoms with van der Waals surface area (Å²) in [5, 5.41) is 8.76. The van der Waals surface area contributed by atoms with E-state index < -0.39 is 0 Å². The zero-order valence-electron chi connectivity index (χ0n) is 14.2. The van der Waals surface area contributed by atoms with Crippen LogP contribution in [0.2, 0.25) is 0 Å². The number of benzene rings is 1. The molecule has 1 aliphatic heterocycles. The molecule has 0 bridgehead atoms. The molecule has 0 aliphatic carbocycles. The maximum absolute atomic E-state index is 11.9. The highest BCUT2D eigenvalue weighted by Gasteiger charge is 2.20. The first-order chi connectivity index (χ1) is 11.6. The molecule has 0 saturated heterocycles. The summed E-state index contributed by atoms with van der Waals surface area (Å²) < 4.78 is 0. The van der Waals surface area contributed by atoms with Crippen molar-refractivity contribution in [1.82, 2.24) is 20.5 Å². The van der Waals surface area contributed by atoms with Gasteiger partial charge < -0.3 is 10.6 Å². The lowest BCUT2D eigenvalue weighted by Gasteiger charge is -2.33. The van der Waals surface area contributed by atoms with Gasteiger partial charge >= 0.3 is 6.03 Å². The van der Waals surface area contributed by atoms with Gasteiger partial charge in [0.1, 0.15) is 5.01 Å². The molecular formula is C18H24N4OS. The predicted molar refractivity (Wildman–Crippen MR) is 97.1 cm³/mol. The lowest BCUT2D eigenvalue weighted by Crippen LogP contribution is -2.46. The summed E-state index contributed by atoms with van der Waals surface area (Å²) in [6.45, 7) is 7.25. The number of nitrogens with zero attached hydrogens (tertiary/aromatic N) is 2. The van der Waals surface area contributed by atoms with Crippen LogP contribution in [-0.4, -0.2) is 35.0 Å². The number of amides is 2. The van der Waals surface area contributed by atoms with Crippen LogP contribution >= 0.6 is 11.3 Å². The van der Waals surface area contributed by atoms with E-state index in [0.29, 0.717) is 19.1 Å². The molecule has 5 nitrogen and oxygen atoms in total. The zero-order chi connectivity index (χ0) is 16.9. The molecule has 6 heteroatoms. The van der Waals surface area contributed by atoms with Gasteiger partial charge in [0.2, 0.25) is 0 Å². The van der Waals surface area contributed by atoms with Crippen molar-refractivity contribution in [2.45, 2.75) is 39.4 Å². The number of aryl methyl sites for hydroxylation is 1. The van der Waals surface area contributed by atoms with E-state index in [0.717, 1.165) is 30.2 Å². The fourth-order valence-corrected chi connectivity index (χ4v) is 3.68. The lowest BCUT2D eigenvalue weighted by atomic mass is 9.99. The van der Waals surface area contributed by atoms with Gasteiger partial charge in [0.05, 0.1) is 6.54 Å². The number of carbonyl (C=O) groups excluding carboxylic acids is 1. The molecule has 1 aliphatic rings. The summed E-state index contributed by atoms with van der Waals surface area (Å²) in [6.07, 6.45) is 1.08. The van der Waals surface area contributed by atoms with Crippen LogP contribution < -0.4 is 10.6 Å². The summed E-state index contributed by atoms with van der Waals surface area (Å²) in [6, 6.07) is 8.79. The van der Waals surface area contributed by atoms with E-state index in [4.69, 9.17) is 0 Å². The number of nitrogens with one attached hydrogen (secondary N) is 2. The third-order valence-corrected chi connectivity index (χ3v) is 5.37. The van der Waals surface area contributed by atoms with Crippen molar-refractivity contribution >= 4 is 17.4 Å². The van der Waals surface area contributed by atoms with Crippen molar-refractivity contribution in [3.05, 3.63) is 51.5 Å². The molecule has 3 rings (SSSR count). The van der Waals surface area contributed by atoms with Crippen molar-refractivity contribution in [3.63, 3.8) is 0 Å². The highest BCUT2D eigenvalue weighted by atomic mass is 32.1. The van der Waals surface area contributed by atoms with E-state index in [-0.39, 0.29) is 6.03 Å². The van der Waals surface area contributed by atoms with Gasteiger partial charge in [-0.2, -0.15) is 0 Å². The number of urea groups is 1. The summed E-state index contributed by atoms with van der Waals surface area (Å²) in [4.78, 5) is 18.7. The summed E-state index contributed by atoms with van der Waals surface area (Å²) in [7, 11) is 0. The second-order valence-corrected chi connectivity index (χ2v) is 7.23. The van der Waals surface area contributed by atoms with Crippen LogP contribution in [0.4, 0.5) is 4.79 Å². The van der Waals surface area contributed by atoms with Gasteiger partial charge in [-0.3, -0.25) is 4.90 Å². The average molecular weight is 344 g/mol. The number of carbonyl (C=O) groups is 1. The Morgan fingerprint density at radius 1 is 1.33 bits per heavy atom. The third kappa shape index (κ3) is 4.33. The van der Waals surface area contributed by atoms with Gasteiger partial charge in [0, 0.05) is 36.8 Å². The lowest BCUT2D eigenvalue weighted by molar-refractivity contribution is 0.185. The molecule has 128 valence electrons. The molecule has 1 aromatic heterocycles. The highest BCUT2D eigenvalue weighted by Crippen LogP contribution is 2.19. The molecule has 0 radical (unpaired) electrons. The maximum atomic E-state index is 11.9. The van der Waals surface area contributed by atoms with Crippen LogP contribution in [0.15, 0.2) is 29.6 Å². The molecule has 1 aromatic carbocycles. The Morgan fingerprint density at radius 2 is 2.12 bits per heavy atom.